The van der Waals surface area contributed by atoms with Gasteiger partial charge >= 0.3 is 0 Å². The number of ether oxygens (including phenoxy) is 1. The number of halogens is 2. The maximum absolute atomic E-state index is 12.6. The van der Waals surface area contributed by atoms with Gasteiger partial charge in [0.1, 0.15) is 5.75 Å². The van der Waals surface area contributed by atoms with E-state index in [-0.39, 0.29) is 11.9 Å². The van der Waals surface area contributed by atoms with E-state index in [2.05, 4.69) is 15.9 Å². The van der Waals surface area contributed by atoms with Crippen LogP contribution in [0.3, 0.4) is 0 Å². The van der Waals surface area contributed by atoms with Crippen LogP contribution >= 0.6 is 27.5 Å². The number of methoxy groups -OCH3 is 1. The molecular formula is C14H17BrClNO2. The van der Waals surface area contributed by atoms with Crippen molar-refractivity contribution in [1.82, 2.24) is 4.90 Å². The Morgan fingerprint density at radius 1 is 1.53 bits per heavy atom. The van der Waals surface area contributed by atoms with E-state index in [4.69, 9.17) is 16.3 Å². The van der Waals surface area contributed by atoms with Crippen molar-refractivity contribution in [2.75, 3.05) is 19.5 Å². The van der Waals surface area contributed by atoms with Gasteiger partial charge in [0.25, 0.3) is 5.91 Å². The van der Waals surface area contributed by atoms with Gasteiger partial charge in [0.15, 0.2) is 0 Å². The van der Waals surface area contributed by atoms with Crippen molar-refractivity contribution < 1.29 is 9.53 Å². The summed E-state index contributed by atoms with van der Waals surface area (Å²) in [5.41, 5.74) is 0.600. The molecular weight excluding hydrogens is 330 g/mol. The minimum Gasteiger partial charge on any atom is -0.496 e. The van der Waals surface area contributed by atoms with Crippen LogP contribution in [0.15, 0.2) is 22.7 Å². The van der Waals surface area contributed by atoms with Gasteiger partial charge in [-0.15, -0.1) is 11.6 Å². The predicted octanol–water partition coefficient (Wildman–Crippen LogP) is 3.69. The fourth-order valence-corrected chi connectivity index (χ4v) is 3.09. The molecule has 1 unspecified atom stereocenters. The van der Waals surface area contributed by atoms with Gasteiger partial charge in [-0.1, -0.05) is 15.9 Å². The molecule has 1 aromatic carbocycles. The van der Waals surface area contributed by atoms with Crippen molar-refractivity contribution in [3.8, 4) is 5.75 Å². The number of carbonyl (C=O) groups is 1. The summed E-state index contributed by atoms with van der Waals surface area (Å²) in [5.74, 6) is 1.10. The second-order valence-electron chi connectivity index (χ2n) is 4.65. The van der Waals surface area contributed by atoms with Crippen molar-refractivity contribution in [3.05, 3.63) is 28.2 Å². The molecule has 0 aromatic heterocycles. The Labute approximate surface area is 127 Å². The smallest absolute Gasteiger partial charge is 0.257 e. The van der Waals surface area contributed by atoms with Gasteiger partial charge in [-0.2, -0.15) is 0 Å². The van der Waals surface area contributed by atoms with Crippen LogP contribution < -0.4 is 4.74 Å². The Kier molecular flexibility index (Phi) is 5.11. The maximum atomic E-state index is 12.6. The zero-order chi connectivity index (χ0) is 13.8. The molecule has 1 aliphatic rings. The van der Waals surface area contributed by atoms with E-state index in [1.807, 2.05) is 17.0 Å². The number of carbonyl (C=O) groups excluding carboxylic acids is 1. The summed E-state index contributed by atoms with van der Waals surface area (Å²) in [7, 11) is 1.58. The highest BCUT2D eigenvalue weighted by Gasteiger charge is 2.28. The van der Waals surface area contributed by atoms with Gasteiger partial charge in [-0.3, -0.25) is 4.79 Å². The first-order valence-electron chi connectivity index (χ1n) is 6.38. The molecule has 0 aliphatic carbocycles. The number of benzene rings is 1. The molecule has 1 fully saturated rings. The molecule has 0 spiro atoms. The van der Waals surface area contributed by atoms with Crippen LogP contribution in [0.2, 0.25) is 0 Å². The Morgan fingerprint density at radius 3 is 3.00 bits per heavy atom. The molecule has 0 N–H and O–H groups in total. The molecule has 19 heavy (non-hydrogen) atoms. The molecule has 1 heterocycles. The highest BCUT2D eigenvalue weighted by Crippen LogP contribution is 2.27. The lowest BCUT2D eigenvalue weighted by Crippen LogP contribution is -2.44. The van der Waals surface area contributed by atoms with E-state index >= 15 is 0 Å². The van der Waals surface area contributed by atoms with E-state index in [0.717, 1.165) is 30.3 Å². The number of amides is 1. The van der Waals surface area contributed by atoms with Crippen LogP contribution in [0.1, 0.15) is 29.6 Å². The van der Waals surface area contributed by atoms with E-state index in [9.17, 15) is 4.79 Å². The normalized spacial score (nSPS) is 19.3. The number of hydrogen-bond donors (Lipinski definition) is 0. The van der Waals surface area contributed by atoms with E-state index < -0.39 is 0 Å². The first-order valence-corrected chi connectivity index (χ1v) is 7.70. The highest BCUT2D eigenvalue weighted by molar-refractivity contribution is 9.10. The Bertz CT molecular complexity index is 467. The number of alkyl halides is 1. The van der Waals surface area contributed by atoms with E-state index in [1.54, 1.807) is 13.2 Å². The van der Waals surface area contributed by atoms with Gasteiger partial charge in [0.2, 0.25) is 0 Å². The molecule has 0 bridgehead atoms. The minimum absolute atomic E-state index is 0.00898. The van der Waals surface area contributed by atoms with E-state index in [0.29, 0.717) is 17.2 Å². The van der Waals surface area contributed by atoms with Crippen LogP contribution in [0, 0.1) is 0 Å². The van der Waals surface area contributed by atoms with Crippen LogP contribution in [-0.2, 0) is 0 Å². The second-order valence-corrected chi connectivity index (χ2v) is 5.87. The first-order chi connectivity index (χ1) is 9.17. The molecule has 1 aromatic rings. The molecule has 0 saturated carbocycles. The van der Waals surface area contributed by atoms with Crippen molar-refractivity contribution in [1.29, 1.82) is 0 Å². The molecule has 1 aliphatic heterocycles. The lowest BCUT2D eigenvalue weighted by atomic mass is 10.0. The summed E-state index contributed by atoms with van der Waals surface area (Å²) in [4.78, 5) is 14.5. The largest absolute Gasteiger partial charge is 0.496 e. The van der Waals surface area contributed by atoms with Crippen LogP contribution in [0.25, 0.3) is 0 Å². The van der Waals surface area contributed by atoms with Crippen molar-refractivity contribution >= 4 is 33.4 Å². The quantitative estimate of drug-likeness (QED) is 0.781. The average molecular weight is 347 g/mol. The average Bonchev–Trinajstić information content (AvgIpc) is 2.46. The van der Waals surface area contributed by atoms with E-state index in [1.165, 1.54) is 0 Å². The summed E-state index contributed by atoms with van der Waals surface area (Å²) >= 11 is 9.35. The molecule has 1 amide bonds. The number of nitrogens with zero attached hydrogens (tertiary/aromatic N) is 1. The lowest BCUT2D eigenvalue weighted by molar-refractivity contribution is 0.0636. The van der Waals surface area contributed by atoms with Crippen LogP contribution in [0.4, 0.5) is 0 Å². The SMILES string of the molecule is COc1cc(Br)ccc1C(=O)N1CCCCC1CCl. The van der Waals surface area contributed by atoms with Crippen LogP contribution in [-0.4, -0.2) is 36.4 Å². The maximum Gasteiger partial charge on any atom is 0.257 e. The fourth-order valence-electron chi connectivity index (χ4n) is 2.42. The Morgan fingerprint density at radius 2 is 2.32 bits per heavy atom. The molecule has 1 saturated heterocycles. The van der Waals surface area contributed by atoms with Gasteiger partial charge in [0.05, 0.1) is 12.7 Å². The minimum atomic E-state index is 0.00898. The van der Waals surface area contributed by atoms with Gasteiger partial charge in [-0.05, 0) is 37.5 Å². The standard InChI is InChI=1S/C14H17BrClNO2/c1-19-13-8-10(15)5-6-12(13)14(18)17-7-3-2-4-11(17)9-16/h5-6,8,11H,2-4,7,9H2,1H3. The summed E-state index contributed by atoms with van der Waals surface area (Å²) in [6.45, 7) is 0.773. The molecule has 1 atom stereocenters. The predicted molar refractivity (Wildman–Crippen MR) is 80.1 cm³/mol. The molecule has 0 radical (unpaired) electrons. The number of piperidine rings is 1. The Balaban J connectivity index is 2.27. The summed E-state index contributed by atoms with van der Waals surface area (Å²) in [6.07, 6.45) is 3.16. The molecule has 3 nitrogen and oxygen atoms in total. The third-order valence-electron chi connectivity index (χ3n) is 3.46. The molecule has 104 valence electrons. The van der Waals surface area contributed by atoms with Gasteiger partial charge in [0, 0.05) is 22.9 Å². The topological polar surface area (TPSA) is 29.5 Å². The highest BCUT2D eigenvalue weighted by atomic mass is 79.9. The monoisotopic (exact) mass is 345 g/mol. The third-order valence-corrected chi connectivity index (χ3v) is 4.31. The summed E-state index contributed by atoms with van der Waals surface area (Å²) < 4.78 is 6.19. The van der Waals surface area contributed by atoms with Gasteiger partial charge < -0.3 is 9.64 Å². The zero-order valence-corrected chi connectivity index (χ0v) is 13.2. The number of rotatable bonds is 3. The summed E-state index contributed by atoms with van der Waals surface area (Å²) in [5, 5.41) is 0. The zero-order valence-electron chi connectivity index (χ0n) is 10.9. The van der Waals surface area contributed by atoms with Crippen molar-refractivity contribution in [3.63, 3.8) is 0 Å². The summed E-state index contributed by atoms with van der Waals surface area (Å²) in [6, 6.07) is 5.60. The molecule has 2 rings (SSSR count). The Hall–Kier alpha value is -0.740. The molecule has 5 heteroatoms. The lowest BCUT2D eigenvalue weighted by Gasteiger charge is -2.35. The third kappa shape index (κ3) is 3.23. The number of likely N-dealkylation sites (tertiary alicyclic amines) is 1. The van der Waals surface area contributed by atoms with Gasteiger partial charge in [-0.25, -0.2) is 0 Å². The van der Waals surface area contributed by atoms with Crippen molar-refractivity contribution in [2.45, 2.75) is 25.3 Å². The first kappa shape index (κ1) is 14.7. The van der Waals surface area contributed by atoms with Crippen LogP contribution in [0.5, 0.6) is 5.75 Å². The number of hydrogen-bond acceptors (Lipinski definition) is 2. The van der Waals surface area contributed by atoms with Crippen molar-refractivity contribution in [2.24, 2.45) is 0 Å². The fraction of sp³-hybridized carbons (Fsp3) is 0.500. The second kappa shape index (κ2) is 6.62.